The van der Waals surface area contributed by atoms with Gasteiger partial charge in [-0.05, 0) is 48.7 Å². The molecule has 2 aromatic carbocycles. The van der Waals surface area contributed by atoms with Crippen molar-refractivity contribution in [2.75, 3.05) is 56.3 Å². The van der Waals surface area contributed by atoms with Gasteiger partial charge >= 0.3 is 5.97 Å². The Labute approximate surface area is 302 Å². The monoisotopic (exact) mass is 691 g/mol. The fourth-order valence-electron chi connectivity index (χ4n) is 8.99. The highest BCUT2D eigenvalue weighted by atomic mass is 19.1. The molecule has 3 atom stereocenters. The minimum atomic E-state index is -0.328. The van der Waals surface area contributed by atoms with Crippen molar-refractivity contribution in [3.63, 3.8) is 0 Å². The molecule has 1 fully saturated rings. The lowest BCUT2D eigenvalue weighted by Crippen LogP contribution is -2.60. The number of likely N-dealkylation sites (N-methyl/N-ethyl adjacent to an activating group) is 1. The Morgan fingerprint density at radius 3 is 2.20 bits per heavy atom. The molecule has 276 valence electrons. The highest BCUT2D eigenvalue weighted by molar-refractivity contribution is 5.96. The average molecular weight is 691 g/mol. The number of hydrogen-bond acceptors (Lipinski definition) is 5. The zero-order valence-corrected chi connectivity index (χ0v) is 31.5. The molecule has 3 aliphatic rings. The van der Waals surface area contributed by atoms with Crippen LogP contribution in [0.1, 0.15) is 145 Å². The van der Waals surface area contributed by atoms with Gasteiger partial charge in [0.2, 0.25) is 6.73 Å². The Balaban J connectivity index is 1.27. The van der Waals surface area contributed by atoms with Gasteiger partial charge in [0.25, 0.3) is 0 Å². The van der Waals surface area contributed by atoms with E-state index in [1.807, 2.05) is 0 Å². The van der Waals surface area contributed by atoms with E-state index in [2.05, 4.69) is 48.9 Å². The predicted molar refractivity (Wildman–Crippen MR) is 203 cm³/mol. The van der Waals surface area contributed by atoms with Crippen molar-refractivity contribution in [1.29, 1.82) is 0 Å². The molecule has 0 saturated carbocycles. The third-order valence-corrected chi connectivity index (χ3v) is 12.0. The Morgan fingerprint density at radius 1 is 0.860 bits per heavy atom. The van der Waals surface area contributed by atoms with Gasteiger partial charge in [-0.2, -0.15) is 0 Å². The van der Waals surface area contributed by atoms with Gasteiger partial charge < -0.3 is 14.5 Å². The number of quaternary nitrogens is 1. The van der Waals surface area contributed by atoms with Crippen molar-refractivity contribution in [3.8, 4) is 0 Å². The van der Waals surface area contributed by atoms with Gasteiger partial charge in [0.05, 0.1) is 42.8 Å². The summed E-state index contributed by atoms with van der Waals surface area (Å²) in [5.41, 5.74) is 4.71. The molecule has 7 heteroatoms. The van der Waals surface area contributed by atoms with Crippen LogP contribution in [-0.2, 0) is 9.53 Å². The van der Waals surface area contributed by atoms with Crippen molar-refractivity contribution in [1.82, 2.24) is 0 Å². The molecular weight excluding hydrogens is 625 g/mol. The number of likely N-dealkylation sites (tertiary alicyclic amines) is 1. The van der Waals surface area contributed by atoms with Crippen LogP contribution in [-0.4, -0.2) is 68.8 Å². The molecule has 0 spiro atoms. The highest BCUT2D eigenvalue weighted by Crippen LogP contribution is 2.51. The minimum Gasteiger partial charge on any atom is -0.415 e. The molecule has 1 unspecified atom stereocenters. The number of piperidine rings is 1. The van der Waals surface area contributed by atoms with Crippen LogP contribution in [0.15, 0.2) is 42.5 Å². The molecule has 50 heavy (non-hydrogen) atoms. The number of Topliss-reactive ketones (excluding diaryl/α,β-unsaturated/α-hetero) is 1. The summed E-state index contributed by atoms with van der Waals surface area (Å²) in [7, 11) is 2.19. The molecule has 3 heterocycles. The third-order valence-electron chi connectivity index (χ3n) is 12.0. The number of anilines is 2. The van der Waals surface area contributed by atoms with Crippen LogP contribution in [0.25, 0.3) is 0 Å². The van der Waals surface area contributed by atoms with Crippen molar-refractivity contribution in [2.24, 2.45) is 5.92 Å². The Bertz CT molecular complexity index is 1350. The predicted octanol–water partition coefficient (Wildman–Crippen LogP) is 10.0. The zero-order valence-electron chi connectivity index (χ0n) is 31.5. The van der Waals surface area contributed by atoms with Gasteiger partial charge in [-0.15, -0.1) is 0 Å². The lowest BCUT2D eigenvalue weighted by molar-refractivity contribution is -0.949. The van der Waals surface area contributed by atoms with Crippen LogP contribution in [0.4, 0.5) is 15.8 Å². The summed E-state index contributed by atoms with van der Waals surface area (Å²) in [5, 5.41) is 0. The number of ether oxygens (including phenoxy) is 1. The summed E-state index contributed by atoms with van der Waals surface area (Å²) in [6, 6.07) is 13.1. The normalized spacial score (nSPS) is 21.0. The van der Waals surface area contributed by atoms with Gasteiger partial charge in [-0.3, -0.25) is 14.1 Å². The number of halogens is 1. The van der Waals surface area contributed by atoms with E-state index in [9.17, 15) is 14.0 Å². The van der Waals surface area contributed by atoms with Gasteiger partial charge in [0.1, 0.15) is 5.82 Å². The average Bonchev–Trinajstić information content (AvgIpc) is 3.44. The van der Waals surface area contributed by atoms with Crippen molar-refractivity contribution < 1.29 is 23.2 Å². The lowest BCUT2D eigenvalue weighted by Gasteiger charge is -2.47. The number of rotatable bonds is 22. The van der Waals surface area contributed by atoms with E-state index >= 15 is 0 Å². The Hall–Kier alpha value is -2.93. The highest BCUT2D eigenvalue weighted by Gasteiger charge is 2.50. The SMILES string of the molecule is CCCCCCCCC(CCCCCCCC)C(=O)OC[N+]1(CCCC(=O)c2ccc(F)cc2)CC[C@H]2[C@@H](C1)c1cccc3c1N2CCN3C. The van der Waals surface area contributed by atoms with E-state index in [4.69, 9.17) is 4.74 Å². The fourth-order valence-corrected chi connectivity index (χ4v) is 8.99. The lowest BCUT2D eigenvalue weighted by atomic mass is 9.87. The fraction of sp³-hybridized carbons (Fsp3) is 0.674. The molecule has 3 aliphatic heterocycles. The summed E-state index contributed by atoms with van der Waals surface area (Å²) >= 11 is 0. The standard InChI is InChI=1S/C43H65FN3O3/c1-4-6-8-10-12-14-18-35(19-15-13-11-9-7-5-2)43(49)50-33-47(30-17-22-41(48)34-23-25-36(44)26-24-34)31-27-39-38(32-47)37-20-16-21-40-42(37)46(39)29-28-45(40)3/h16,20-21,23-26,35,38-39H,4-15,17-19,22,27-33H2,1-3H3/q+1/t38-,39-,47?/m0/s1. The van der Waals surface area contributed by atoms with Crippen LogP contribution in [0, 0.1) is 11.7 Å². The summed E-state index contributed by atoms with van der Waals surface area (Å²) in [5.74, 6) is 0.0539. The number of ketones is 1. The van der Waals surface area contributed by atoms with E-state index < -0.39 is 0 Å². The van der Waals surface area contributed by atoms with E-state index in [1.54, 1.807) is 12.1 Å². The molecule has 5 rings (SSSR count). The third kappa shape index (κ3) is 9.89. The molecule has 0 amide bonds. The number of fused-ring (bicyclic) bond motifs is 3. The first-order chi connectivity index (χ1) is 24.4. The maximum Gasteiger partial charge on any atom is 0.313 e. The summed E-state index contributed by atoms with van der Waals surface area (Å²) in [6.45, 7) is 9.60. The molecule has 0 aromatic heterocycles. The maximum absolute atomic E-state index is 13.9. The number of para-hydroxylation sites is 1. The van der Waals surface area contributed by atoms with Gasteiger partial charge in [0.15, 0.2) is 5.78 Å². The Kier molecular flexibility index (Phi) is 14.6. The number of carbonyl (C=O) groups excluding carboxylic acids is 2. The number of esters is 1. The maximum atomic E-state index is 13.9. The molecule has 0 bridgehead atoms. The second-order valence-electron chi connectivity index (χ2n) is 15.7. The number of nitrogens with zero attached hydrogens (tertiary/aromatic N) is 3. The zero-order chi connectivity index (χ0) is 35.3. The van der Waals surface area contributed by atoms with Crippen molar-refractivity contribution in [2.45, 2.75) is 135 Å². The molecule has 0 radical (unpaired) electrons. The van der Waals surface area contributed by atoms with E-state index in [1.165, 1.54) is 93.3 Å². The van der Waals surface area contributed by atoms with Gasteiger partial charge in [-0.1, -0.05) is 103 Å². The number of hydrogen-bond donors (Lipinski definition) is 0. The number of unbranched alkanes of at least 4 members (excludes halogenated alkanes) is 10. The summed E-state index contributed by atoms with van der Waals surface area (Å²) in [6.07, 6.45) is 18.7. The number of benzene rings is 2. The van der Waals surface area contributed by atoms with Crippen LogP contribution >= 0.6 is 0 Å². The van der Waals surface area contributed by atoms with E-state index in [0.717, 1.165) is 64.8 Å². The van der Waals surface area contributed by atoms with E-state index in [-0.39, 0.29) is 23.5 Å². The van der Waals surface area contributed by atoms with Crippen LogP contribution < -0.4 is 9.80 Å². The molecule has 0 N–H and O–H groups in total. The summed E-state index contributed by atoms with van der Waals surface area (Å²) < 4.78 is 20.6. The minimum absolute atomic E-state index is 0.00981. The smallest absolute Gasteiger partial charge is 0.313 e. The first kappa shape index (κ1) is 38.3. The van der Waals surface area contributed by atoms with Crippen molar-refractivity contribution >= 4 is 23.1 Å². The topological polar surface area (TPSA) is 49.9 Å². The van der Waals surface area contributed by atoms with Gasteiger partial charge in [0, 0.05) is 51.0 Å². The Morgan fingerprint density at radius 2 is 1.52 bits per heavy atom. The molecule has 6 nitrogen and oxygen atoms in total. The van der Waals surface area contributed by atoms with Gasteiger partial charge in [-0.25, -0.2) is 4.39 Å². The number of carbonyl (C=O) groups is 2. The second-order valence-corrected chi connectivity index (χ2v) is 15.7. The molecular formula is C43H65FN3O3+. The molecule has 2 aromatic rings. The first-order valence-electron chi connectivity index (χ1n) is 20.3. The first-order valence-corrected chi connectivity index (χ1v) is 20.3. The van der Waals surface area contributed by atoms with E-state index in [0.29, 0.717) is 41.6 Å². The summed E-state index contributed by atoms with van der Waals surface area (Å²) in [4.78, 5) is 32.1. The quantitative estimate of drug-likeness (QED) is 0.0533. The van der Waals surface area contributed by atoms with Crippen LogP contribution in [0.3, 0.4) is 0 Å². The van der Waals surface area contributed by atoms with Crippen molar-refractivity contribution in [3.05, 3.63) is 59.4 Å². The molecule has 0 aliphatic carbocycles. The van der Waals surface area contributed by atoms with Crippen LogP contribution in [0.2, 0.25) is 0 Å². The largest absolute Gasteiger partial charge is 0.415 e. The van der Waals surface area contributed by atoms with Crippen LogP contribution in [0.5, 0.6) is 0 Å². The molecule has 1 saturated heterocycles. The second kappa shape index (κ2) is 19.1.